The SMILES string of the molecule is O[C@@H]1C=C[C@@H]2C3[C@@H]2[C@@H]2C=C[C@@H]2[C@H]31. The third-order valence-electron chi connectivity index (χ3n) is 4.45. The summed E-state index contributed by atoms with van der Waals surface area (Å²) >= 11 is 0. The summed E-state index contributed by atoms with van der Waals surface area (Å²) in [7, 11) is 0. The molecule has 12 heavy (non-hydrogen) atoms. The lowest BCUT2D eigenvalue weighted by Gasteiger charge is -2.35. The summed E-state index contributed by atoms with van der Waals surface area (Å²) in [5.41, 5.74) is 0. The van der Waals surface area contributed by atoms with Crippen molar-refractivity contribution in [2.45, 2.75) is 6.10 Å². The molecule has 1 unspecified atom stereocenters. The summed E-state index contributed by atoms with van der Waals surface area (Å²) in [4.78, 5) is 0. The van der Waals surface area contributed by atoms with Crippen molar-refractivity contribution in [2.24, 2.45) is 35.5 Å². The molecule has 1 heteroatoms. The zero-order valence-corrected chi connectivity index (χ0v) is 6.80. The highest BCUT2D eigenvalue weighted by atomic mass is 16.3. The van der Waals surface area contributed by atoms with E-state index in [1.165, 1.54) is 0 Å². The molecule has 7 atom stereocenters. The van der Waals surface area contributed by atoms with Crippen molar-refractivity contribution in [1.29, 1.82) is 0 Å². The van der Waals surface area contributed by atoms with Crippen molar-refractivity contribution in [3.8, 4) is 0 Å². The molecule has 2 fully saturated rings. The first kappa shape index (κ1) is 5.98. The molecule has 0 heterocycles. The molecular formula is C11H12O. The van der Waals surface area contributed by atoms with Crippen LogP contribution in [-0.2, 0) is 0 Å². The highest BCUT2D eigenvalue weighted by Gasteiger charge is 2.68. The Morgan fingerprint density at radius 3 is 2.08 bits per heavy atom. The number of aliphatic hydroxyl groups is 1. The molecule has 4 rings (SSSR count). The van der Waals surface area contributed by atoms with Gasteiger partial charge in [-0.15, -0.1) is 0 Å². The Balaban J connectivity index is 1.85. The summed E-state index contributed by atoms with van der Waals surface area (Å²) in [6.45, 7) is 0. The fourth-order valence-electron chi connectivity index (χ4n) is 3.89. The van der Waals surface area contributed by atoms with Gasteiger partial charge in [0, 0.05) is 0 Å². The second-order valence-corrected chi connectivity index (χ2v) is 4.72. The van der Waals surface area contributed by atoms with Crippen LogP contribution in [0.3, 0.4) is 0 Å². The van der Waals surface area contributed by atoms with Crippen molar-refractivity contribution >= 4 is 0 Å². The van der Waals surface area contributed by atoms with Crippen molar-refractivity contribution in [3.05, 3.63) is 24.3 Å². The smallest absolute Gasteiger partial charge is 0.0758 e. The van der Waals surface area contributed by atoms with Crippen LogP contribution in [-0.4, -0.2) is 11.2 Å². The molecule has 0 aromatic rings. The van der Waals surface area contributed by atoms with Gasteiger partial charge in [-0.3, -0.25) is 0 Å². The summed E-state index contributed by atoms with van der Waals surface area (Å²) in [6, 6.07) is 0. The molecule has 4 aliphatic carbocycles. The molecule has 1 nitrogen and oxygen atoms in total. The fraction of sp³-hybridized carbons (Fsp3) is 0.636. The van der Waals surface area contributed by atoms with E-state index < -0.39 is 0 Å². The van der Waals surface area contributed by atoms with E-state index >= 15 is 0 Å². The van der Waals surface area contributed by atoms with Gasteiger partial charge in [-0.25, -0.2) is 0 Å². The number of hydrogen-bond acceptors (Lipinski definition) is 1. The monoisotopic (exact) mass is 160 g/mol. The van der Waals surface area contributed by atoms with Crippen molar-refractivity contribution in [2.75, 3.05) is 0 Å². The molecule has 62 valence electrons. The Labute approximate surface area is 71.8 Å². The van der Waals surface area contributed by atoms with Crippen LogP contribution in [0.1, 0.15) is 0 Å². The van der Waals surface area contributed by atoms with Crippen LogP contribution in [0.4, 0.5) is 0 Å². The summed E-state index contributed by atoms with van der Waals surface area (Å²) < 4.78 is 0. The van der Waals surface area contributed by atoms with Crippen LogP contribution in [0.25, 0.3) is 0 Å². The molecule has 0 aromatic carbocycles. The minimum Gasteiger partial charge on any atom is -0.389 e. The predicted molar refractivity (Wildman–Crippen MR) is 45.2 cm³/mol. The average Bonchev–Trinajstić information content (AvgIpc) is 2.62. The first-order valence-electron chi connectivity index (χ1n) is 4.92. The second kappa shape index (κ2) is 1.56. The highest BCUT2D eigenvalue weighted by molar-refractivity contribution is 5.34. The van der Waals surface area contributed by atoms with Gasteiger partial charge in [0.1, 0.15) is 0 Å². The van der Waals surface area contributed by atoms with E-state index in [0.29, 0.717) is 5.92 Å². The van der Waals surface area contributed by atoms with Gasteiger partial charge < -0.3 is 5.11 Å². The van der Waals surface area contributed by atoms with E-state index in [1.807, 2.05) is 6.08 Å². The lowest BCUT2D eigenvalue weighted by Crippen LogP contribution is -2.34. The van der Waals surface area contributed by atoms with E-state index in [-0.39, 0.29) is 6.10 Å². The van der Waals surface area contributed by atoms with Gasteiger partial charge in [-0.1, -0.05) is 24.3 Å². The van der Waals surface area contributed by atoms with Crippen LogP contribution in [0.2, 0.25) is 0 Å². The van der Waals surface area contributed by atoms with E-state index in [2.05, 4.69) is 18.2 Å². The van der Waals surface area contributed by atoms with Crippen LogP contribution < -0.4 is 0 Å². The Kier molecular flexibility index (Phi) is 0.776. The standard InChI is InChI=1S/C11H12O/c12-8-4-3-7-9-5-1-2-6(5)10(8)11(7)9/h1-12H/t5-,6+,7+,8-,9-,10+,11?/m1/s1. The molecule has 0 saturated heterocycles. The Hall–Kier alpha value is -0.560. The fourth-order valence-corrected chi connectivity index (χ4v) is 3.89. The van der Waals surface area contributed by atoms with Gasteiger partial charge in [0.05, 0.1) is 6.10 Å². The number of allylic oxidation sites excluding steroid dienone is 3. The maximum atomic E-state index is 9.79. The van der Waals surface area contributed by atoms with Gasteiger partial charge in [0.15, 0.2) is 0 Å². The Morgan fingerprint density at radius 2 is 1.33 bits per heavy atom. The molecule has 4 aliphatic rings. The predicted octanol–water partition coefficient (Wildman–Crippen LogP) is 1.21. The first-order chi connectivity index (χ1) is 5.88. The van der Waals surface area contributed by atoms with Crippen molar-refractivity contribution in [1.82, 2.24) is 0 Å². The van der Waals surface area contributed by atoms with Gasteiger partial charge in [0.2, 0.25) is 0 Å². The third-order valence-corrected chi connectivity index (χ3v) is 4.45. The number of rotatable bonds is 0. The number of fused-ring (bicyclic) bond motifs is 4. The van der Waals surface area contributed by atoms with Gasteiger partial charge in [0.25, 0.3) is 0 Å². The van der Waals surface area contributed by atoms with Gasteiger partial charge in [-0.05, 0) is 35.5 Å². The average molecular weight is 160 g/mol. The molecule has 0 bridgehead atoms. The minimum atomic E-state index is -0.142. The van der Waals surface area contributed by atoms with E-state index in [1.54, 1.807) is 0 Å². The Morgan fingerprint density at radius 1 is 0.667 bits per heavy atom. The molecule has 0 aromatic heterocycles. The maximum Gasteiger partial charge on any atom is 0.0758 e. The number of aliphatic hydroxyl groups excluding tert-OH is 1. The minimum absolute atomic E-state index is 0.142. The highest BCUT2D eigenvalue weighted by Crippen LogP contribution is 2.71. The molecule has 0 spiro atoms. The lowest BCUT2D eigenvalue weighted by molar-refractivity contribution is 0.101. The molecule has 0 amide bonds. The van der Waals surface area contributed by atoms with Gasteiger partial charge in [-0.2, -0.15) is 0 Å². The summed E-state index contributed by atoms with van der Waals surface area (Å²) in [6.07, 6.45) is 8.79. The molecule has 0 aliphatic heterocycles. The molecule has 0 radical (unpaired) electrons. The normalized spacial score (nSPS) is 68.6. The van der Waals surface area contributed by atoms with Crippen molar-refractivity contribution in [3.63, 3.8) is 0 Å². The molecule has 1 N–H and O–H groups in total. The summed E-state index contributed by atoms with van der Waals surface area (Å²) in [5.74, 6) is 4.75. The molecule has 2 saturated carbocycles. The van der Waals surface area contributed by atoms with E-state index in [4.69, 9.17) is 0 Å². The maximum absolute atomic E-state index is 9.79. The lowest BCUT2D eigenvalue weighted by atomic mass is 9.71. The quantitative estimate of drug-likeness (QED) is 0.528. The molecular weight excluding hydrogens is 148 g/mol. The van der Waals surface area contributed by atoms with E-state index in [9.17, 15) is 5.11 Å². The van der Waals surface area contributed by atoms with Crippen LogP contribution >= 0.6 is 0 Å². The topological polar surface area (TPSA) is 20.2 Å². The van der Waals surface area contributed by atoms with E-state index in [0.717, 1.165) is 29.6 Å². The zero-order chi connectivity index (χ0) is 7.87. The Bertz CT molecular complexity index is 304. The second-order valence-electron chi connectivity index (χ2n) is 4.72. The summed E-state index contributed by atoms with van der Waals surface area (Å²) in [5, 5.41) is 9.79. The number of hydrogen-bond donors (Lipinski definition) is 1. The van der Waals surface area contributed by atoms with Gasteiger partial charge >= 0.3 is 0 Å². The largest absolute Gasteiger partial charge is 0.389 e. The first-order valence-corrected chi connectivity index (χ1v) is 4.92. The van der Waals surface area contributed by atoms with Crippen LogP contribution in [0, 0.1) is 35.5 Å². The zero-order valence-electron chi connectivity index (χ0n) is 6.80. The van der Waals surface area contributed by atoms with Crippen LogP contribution in [0.5, 0.6) is 0 Å². The van der Waals surface area contributed by atoms with Crippen molar-refractivity contribution < 1.29 is 5.11 Å². The third kappa shape index (κ3) is 0.432. The van der Waals surface area contributed by atoms with Crippen LogP contribution in [0.15, 0.2) is 24.3 Å².